The monoisotopic (exact) mass is 605 g/mol. The van der Waals surface area contributed by atoms with Crippen LogP contribution in [0.2, 0.25) is 5.02 Å². The van der Waals surface area contributed by atoms with Gasteiger partial charge in [0.1, 0.15) is 5.82 Å². The fourth-order valence-electron chi connectivity index (χ4n) is 2.87. The molecular weight excluding hydrogens is 588 g/mol. The first-order valence-corrected chi connectivity index (χ1v) is 11.9. The molecule has 2 aromatic carbocycles. The summed E-state index contributed by atoms with van der Waals surface area (Å²) in [4.78, 5) is 38.0. The summed E-state index contributed by atoms with van der Waals surface area (Å²) < 4.78 is 29.7. The molecule has 1 saturated heterocycles. The number of halogens is 3. The van der Waals surface area contributed by atoms with Crippen LogP contribution >= 0.6 is 46.0 Å². The van der Waals surface area contributed by atoms with E-state index in [1.54, 1.807) is 25.1 Å². The van der Waals surface area contributed by atoms with Gasteiger partial charge in [-0.25, -0.2) is 9.18 Å². The van der Waals surface area contributed by atoms with Crippen LogP contribution in [0.15, 0.2) is 35.2 Å². The Bertz CT molecular complexity index is 1140. The van der Waals surface area contributed by atoms with Crippen molar-refractivity contribution in [3.05, 3.63) is 60.8 Å². The normalized spacial score (nSPS) is 14.7. The first-order valence-electron chi connectivity index (χ1n) is 9.58. The fraction of sp³-hybridized carbons (Fsp3) is 0.227. The minimum Gasteiger partial charge on any atom is -0.490 e. The predicted molar refractivity (Wildman–Crippen MR) is 131 cm³/mol. The number of carbonyl (C=O) groups excluding carboxylic acids is 3. The topological polar surface area (TPSA) is 82.1 Å². The number of hydrogen-bond acceptors (Lipinski definition) is 7. The fourth-order valence-corrected chi connectivity index (χ4v) is 4.72. The van der Waals surface area contributed by atoms with Gasteiger partial charge < -0.3 is 14.2 Å². The quantitative estimate of drug-likeness (QED) is 0.230. The Kier molecular flexibility index (Phi) is 8.60. The summed E-state index contributed by atoms with van der Waals surface area (Å²) in [7, 11) is 1.26. The van der Waals surface area contributed by atoms with Gasteiger partial charge in [-0.2, -0.15) is 0 Å². The number of nitrogens with zero attached hydrogens (tertiary/aromatic N) is 1. The predicted octanol–water partition coefficient (Wildman–Crippen LogP) is 5.27. The summed E-state index contributed by atoms with van der Waals surface area (Å²) in [6.07, 6.45) is 1.58. The molecule has 0 radical (unpaired) electrons. The minimum atomic E-state index is -0.535. The molecule has 2 aromatic rings. The molecule has 3 rings (SSSR count). The molecule has 1 aliphatic rings. The molecule has 0 bridgehead atoms. The van der Waals surface area contributed by atoms with Crippen molar-refractivity contribution in [2.24, 2.45) is 0 Å². The van der Waals surface area contributed by atoms with Crippen molar-refractivity contribution in [2.75, 3.05) is 20.3 Å². The average Bonchev–Trinajstić information content (AvgIpc) is 3.02. The summed E-state index contributed by atoms with van der Waals surface area (Å²) in [6, 6.07) is 7.18. The van der Waals surface area contributed by atoms with Crippen molar-refractivity contribution in [3.63, 3.8) is 0 Å². The van der Waals surface area contributed by atoms with Crippen LogP contribution in [0.3, 0.4) is 0 Å². The van der Waals surface area contributed by atoms with E-state index < -0.39 is 22.9 Å². The lowest BCUT2D eigenvalue weighted by molar-refractivity contribution is -0.143. The summed E-state index contributed by atoms with van der Waals surface area (Å²) in [5, 5.41) is -0.319. The highest BCUT2D eigenvalue weighted by Gasteiger charge is 2.35. The number of amides is 2. The van der Waals surface area contributed by atoms with Crippen LogP contribution in [0.4, 0.5) is 9.18 Å². The van der Waals surface area contributed by atoms with Gasteiger partial charge in [-0.05, 0) is 82.7 Å². The van der Waals surface area contributed by atoms with Gasteiger partial charge in [-0.15, -0.1) is 0 Å². The third-order valence-corrected chi connectivity index (χ3v) is 6.47. The SMILES string of the molecule is CCOc1cc(/C=C2/SC(=O)N(Cc3ccc(F)cc3Cl)C2=O)cc(I)c1OCC(=O)OC. The van der Waals surface area contributed by atoms with Crippen LogP contribution in [0, 0.1) is 9.39 Å². The molecule has 11 heteroatoms. The van der Waals surface area contributed by atoms with Gasteiger partial charge in [0.2, 0.25) is 0 Å². The zero-order chi connectivity index (χ0) is 24.1. The first kappa shape index (κ1) is 25.3. The molecule has 33 heavy (non-hydrogen) atoms. The molecule has 0 spiro atoms. The number of benzene rings is 2. The van der Waals surface area contributed by atoms with E-state index in [1.807, 2.05) is 22.6 Å². The van der Waals surface area contributed by atoms with E-state index in [0.29, 0.717) is 32.8 Å². The smallest absolute Gasteiger partial charge is 0.343 e. The maximum absolute atomic E-state index is 13.3. The molecule has 0 N–H and O–H groups in total. The molecule has 1 aliphatic heterocycles. The van der Waals surface area contributed by atoms with E-state index in [2.05, 4.69) is 4.74 Å². The molecule has 7 nitrogen and oxygen atoms in total. The number of carbonyl (C=O) groups is 3. The summed E-state index contributed by atoms with van der Waals surface area (Å²) >= 11 is 8.86. The Morgan fingerprint density at radius 3 is 2.67 bits per heavy atom. The number of thioether (sulfide) groups is 1. The maximum Gasteiger partial charge on any atom is 0.343 e. The van der Waals surface area contributed by atoms with Crippen LogP contribution in [-0.2, 0) is 20.9 Å². The third-order valence-electron chi connectivity index (χ3n) is 4.41. The van der Waals surface area contributed by atoms with E-state index in [9.17, 15) is 18.8 Å². The highest BCUT2D eigenvalue weighted by Crippen LogP contribution is 2.38. The van der Waals surface area contributed by atoms with E-state index in [-0.39, 0.29) is 23.1 Å². The zero-order valence-corrected chi connectivity index (χ0v) is 21.3. The molecule has 2 amide bonds. The van der Waals surface area contributed by atoms with Crippen molar-refractivity contribution in [1.29, 1.82) is 0 Å². The van der Waals surface area contributed by atoms with Crippen molar-refractivity contribution in [1.82, 2.24) is 4.90 Å². The number of methoxy groups -OCH3 is 1. The molecule has 1 fully saturated rings. The Morgan fingerprint density at radius 1 is 1.24 bits per heavy atom. The van der Waals surface area contributed by atoms with Crippen molar-refractivity contribution >= 4 is 69.1 Å². The first-order chi connectivity index (χ1) is 15.7. The molecule has 0 atom stereocenters. The van der Waals surface area contributed by atoms with Crippen LogP contribution in [0.25, 0.3) is 6.08 Å². The largest absolute Gasteiger partial charge is 0.490 e. The zero-order valence-electron chi connectivity index (χ0n) is 17.5. The standard InChI is InChI=1S/C22H18ClFINO6S/c1-3-31-17-7-12(6-16(25)20(17)32-11-19(27)30-2)8-18-21(28)26(22(29)33-18)10-13-4-5-14(24)9-15(13)23/h4-9H,3,10-11H2,1-2H3/b18-8+. The molecule has 0 aromatic heterocycles. The molecule has 0 saturated carbocycles. The van der Waals surface area contributed by atoms with Crippen LogP contribution in [-0.4, -0.2) is 42.3 Å². The lowest BCUT2D eigenvalue weighted by atomic mass is 10.1. The van der Waals surface area contributed by atoms with Crippen molar-refractivity contribution in [2.45, 2.75) is 13.5 Å². The molecule has 1 heterocycles. The molecular formula is C22H18ClFINO6S. The van der Waals surface area contributed by atoms with Gasteiger partial charge in [0.15, 0.2) is 18.1 Å². The maximum atomic E-state index is 13.3. The molecule has 0 unspecified atom stereocenters. The van der Waals surface area contributed by atoms with Crippen LogP contribution in [0.5, 0.6) is 11.5 Å². The van der Waals surface area contributed by atoms with Crippen molar-refractivity contribution in [3.8, 4) is 11.5 Å². The lowest BCUT2D eigenvalue weighted by Crippen LogP contribution is -2.27. The number of rotatable bonds is 8. The number of esters is 1. The van der Waals surface area contributed by atoms with E-state index in [0.717, 1.165) is 22.7 Å². The Balaban J connectivity index is 1.85. The molecule has 0 aliphatic carbocycles. The van der Waals surface area contributed by atoms with E-state index in [4.69, 9.17) is 21.1 Å². The van der Waals surface area contributed by atoms with Gasteiger partial charge in [-0.3, -0.25) is 14.5 Å². The van der Waals surface area contributed by atoms with Crippen LogP contribution < -0.4 is 9.47 Å². The molecule has 174 valence electrons. The Labute approximate surface area is 212 Å². The van der Waals surface area contributed by atoms with E-state index >= 15 is 0 Å². The second-order valence-corrected chi connectivity index (χ2v) is 9.19. The van der Waals surface area contributed by atoms with Gasteiger partial charge in [0.25, 0.3) is 11.1 Å². The van der Waals surface area contributed by atoms with Gasteiger partial charge in [0.05, 0.1) is 28.7 Å². The Morgan fingerprint density at radius 2 is 2.00 bits per heavy atom. The second kappa shape index (κ2) is 11.2. The Hall–Kier alpha value is -2.31. The third kappa shape index (κ3) is 6.18. The summed E-state index contributed by atoms with van der Waals surface area (Å²) in [5.74, 6) is -0.760. The lowest BCUT2D eigenvalue weighted by Gasteiger charge is -2.14. The van der Waals surface area contributed by atoms with E-state index in [1.165, 1.54) is 19.2 Å². The summed E-state index contributed by atoms with van der Waals surface area (Å²) in [6.45, 7) is 1.80. The van der Waals surface area contributed by atoms with Crippen LogP contribution in [0.1, 0.15) is 18.1 Å². The highest BCUT2D eigenvalue weighted by atomic mass is 127. The second-order valence-electron chi connectivity index (χ2n) is 6.63. The van der Waals surface area contributed by atoms with Gasteiger partial charge in [0, 0.05) is 5.02 Å². The average molecular weight is 606 g/mol. The number of hydrogen-bond donors (Lipinski definition) is 0. The minimum absolute atomic E-state index is 0.0663. The van der Waals surface area contributed by atoms with Gasteiger partial charge in [-0.1, -0.05) is 17.7 Å². The summed E-state index contributed by atoms with van der Waals surface area (Å²) in [5.41, 5.74) is 1.07. The number of ether oxygens (including phenoxy) is 3. The highest BCUT2D eigenvalue weighted by molar-refractivity contribution is 14.1. The van der Waals surface area contributed by atoms with Crippen molar-refractivity contribution < 1.29 is 33.0 Å². The van der Waals surface area contributed by atoms with Gasteiger partial charge >= 0.3 is 5.97 Å². The number of imide groups is 1.